The summed E-state index contributed by atoms with van der Waals surface area (Å²) >= 11 is 0. The normalized spacial score (nSPS) is 25.5. The van der Waals surface area contributed by atoms with E-state index in [2.05, 4.69) is 39.9 Å². The highest BCUT2D eigenvalue weighted by Crippen LogP contribution is 2.33. The molecule has 1 aliphatic heterocycles. The quantitative estimate of drug-likeness (QED) is 0.898. The average Bonchev–Trinajstić information content (AvgIpc) is 3.17. The number of hydrogen-bond acceptors (Lipinski definition) is 3. The highest BCUT2D eigenvalue weighted by atomic mass is 15.3. The minimum Gasteiger partial charge on any atom is -0.312 e. The summed E-state index contributed by atoms with van der Waals surface area (Å²) in [4.78, 5) is 2.62. The lowest BCUT2D eigenvalue weighted by Crippen LogP contribution is -2.39. The van der Waals surface area contributed by atoms with Crippen LogP contribution in [0.1, 0.15) is 37.6 Å². The van der Waals surface area contributed by atoms with E-state index in [0.717, 1.165) is 30.7 Å². The Labute approximate surface area is 116 Å². The molecule has 1 atom stereocenters. The van der Waals surface area contributed by atoms with Gasteiger partial charge in [0.2, 0.25) is 0 Å². The predicted molar refractivity (Wildman–Crippen MR) is 77.0 cm³/mol. The molecule has 2 aliphatic rings. The van der Waals surface area contributed by atoms with Gasteiger partial charge in [0.05, 0.1) is 11.4 Å². The molecule has 1 unspecified atom stereocenters. The monoisotopic (exact) mass is 262 g/mol. The van der Waals surface area contributed by atoms with Gasteiger partial charge >= 0.3 is 0 Å². The molecule has 0 spiro atoms. The molecule has 1 aliphatic carbocycles. The molecule has 0 bridgehead atoms. The van der Waals surface area contributed by atoms with Crippen molar-refractivity contribution in [3.8, 4) is 0 Å². The van der Waals surface area contributed by atoms with Gasteiger partial charge in [-0.25, -0.2) is 0 Å². The van der Waals surface area contributed by atoms with Crippen LogP contribution in [0.4, 0.5) is 0 Å². The molecule has 0 radical (unpaired) electrons. The van der Waals surface area contributed by atoms with Gasteiger partial charge in [0.25, 0.3) is 0 Å². The fourth-order valence-electron chi connectivity index (χ4n) is 3.21. The number of hydrogen-bond donors (Lipinski definition) is 1. The van der Waals surface area contributed by atoms with E-state index in [1.165, 1.54) is 44.6 Å². The van der Waals surface area contributed by atoms with Crippen LogP contribution in [-0.4, -0.2) is 40.4 Å². The first-order chi connectivity index (χ1) is 9.26. The maximum atomic E-state index is 4.56. The van der Waals surface area contributed by atoms with Crippen molar-refractivity contribution < 1.29 is 0 Å². The minimum atomic E-state index is 0.724. The van der Waals surface area contributed by atoms with Crippen LogP contribution in [-0.2, 0) is 13.1 Å². The lowest BCUT2D eigenvalue weighted by atomic mass is 10.2. The largest absolute Gasteiger partial charge is 0.312 e. The van der Waals surface area contributed by atoms with Gasteiger partial charge in [0, 0.05) is 25.7 Å². The summed E-state index contributed by atoms with van der Waals surface area (Å²) in [6.45, 7) is 9.90. The van der Waals surface area contributed by atoms with Crippen LogP contribution in [0.3, 0.4) is 0 Å². The fourth-order valence-corrected chi connectivity index (χ4v) is 3.21. The Morgan fingerprint density at radius 1 is 1.42 bits per heavy atom. The first-order valence-corrected chi connectivity index (χ1v) is 7.75. The Kier molecular flexibility index (Phi) is 3.89. The van der Waals surface area contributed by atoms with Crippen molar-refractivity contribution in [2.24, 2.45) is 5.92 Å². The van der Waals surface area contributed by atoms with E-state index in [-0.39, 0.29) is 0 Å². The van der Waals surface area contributed by atoms with E-state index in [4.69, 9.17) is 0 Å². The smallest absolute Gasteiger partial charge is 0.0597 e. The van der Waals surface area contributed by atoms with Gasteiger partial charge in [-0.1, -0.05) is 0 Å². The molecular weight excluding hydrogens is 236 g/mol. The summed E-state index contributed by atoms with van der Waals surface area (Å²) in [6, 6.07) is 2.97. The van der Waals surface area contributed by atoms with E-state index in [0.29, 0.717) is 0 Å². The van der Waals surface area contributed by atoms with Crippen LogP contribution in [0.15, 0.2) is 6.07 Å². The summed E-state index contributed by atoms with van der Waals surface area (Å²) in [6.07, 6.45) is 4.12. The summed E-state index contributed by atoms with van der Waals surface area (Å²) in [7, 11) is 0. The molecule has 19 heavy (non-hydrogen) atoms. The van der Waals surface area contributed by atoms with Crippen LogP contribution >= 0.6 is 0 Å². The third kappa shape index (κ3) is 3.18. The Hall–Kier alpha value is -0.870. The van der Waals surface area contributed by atoms with Crippen LogP contribution in [0.5, 0.6) is 0 Å². The van der Waals surface area contributed by atoms with Crippen LogP contribution in [0, 0.1) is 12.8 Å². The van der Waals surface area contributed by atoms with Crippen molar-refractivity contribution >= 4 is 0 Å². The zero-order chi connectivity index (χ0) is 13.2. The summed E-state index contributed by atoms with van der Waals surface area (Å²) < 4.78 is 2.15. The third-order valence-electron chi connectivity index (χ3n) is 4.37. The Morgan fingerprint density at radius 2 is 2.26 bits per heavy atom. The van der Waals surface area contributed by atoms with Gasteiger partial charge < -0.3 is 5.32 Å². The van der Waals surface area contributed by atoms with Gasteiger partial charge in [-0.2, -0.15) is 5.10 Å². The van der Waals surface area contributed by atoms with Crippen molar-refractivity contribution in [1.82, 2.24) is 20.0 Å². The summed E-state index contributed by atoms with van der Waals surface area (Å²) in [5, 5.41) is 8.29. The van der Waals surface area contributed by atoms with Crippen LogP contribution < -0.4 is 5.32 Å². The molecule has 2 fully saturated rings. The second-order valence-electron chi connectivity index (χ2n) is 6.08. The van der Waals surface area contributed by atoms with E-state index in [1.807, 2.05) is 0 Å². The fraction of sp³-hybridized carbons (Fsp3) is 0.800. The molecule has 1 saturated carbocycles. The summed E-state index contributed by atoms with van der Waals surface area (Å²) in [5.41, 5.74) is 2.51. The zero-order valence-electron chi connectivity index (χ0n) is 12.2. The van der Waals surface area contributed by atoms with Crippen molar-refractivity contribution in [1.29, 1.82) is 0 Å². The first-order valence-electron chi connectivity index (χ1n) is 7.75. The average molecular weight is 262 g/mol. The Bertz CT molecular complexity index is 422. The van der Waals surface area contributed by atoms with Crippen molar-refractivity contribution in [2.75, 3.05) is 19.6 Å². The second-order valence-corrected chi connectivity index (χ2v) is 6.08. The molecule has 2 heterocycles. The number of rotatable bonds is 4. The van der Waals surface area contributed by atoms with E-state index in [9.17, 15) is 0 Å². The highest BCUT2D eigenvalue weighted by Gasteiger charge is 2.33. The van der Waals surface area contributed by atoms with Gasteiger partial charge in [-0.05, 0) is 58.2 Å². The van der Waals surface area contributed by atoms with E-state index < -0.39 is 0 Å². The summed E-state index contributed by atoms with van der Waals surface area (Å²) in [5.74, 6) is 0.943. The molecule has 1 N–H and O–H groups in total. The highest BCUT2D eigenvalue weighted by molar-refractivity contribution is 5.09. The van der Waals surface area contributed by atoms with Crippen molar-refractivity contribution in [2.45, 2.75) is 52.2 Å². The minimum absolute atomic E-state index is 0.724. The van der Waals surface area contributed by atoms with Gasteiger partial charge in [-0.3, -0.25) is 9.58 Å². The maximum Gasteiger partial charge on any atom is 0.0597 e. The SMILES string of the molecule is CCn1nc(C)cc1CN1CCCNC(C2CC2)C1. The number of nitrogens with zero attached hydrogens (tertiary/aromatic N) is 3. The molecule has 3 rings (SSSR count). The van der Waals surface area contributed by atoms with Crippen LogP contribution in [0.2, 0.25) is 0 Å². The Morgan fingerprint density at radius 3 is 3.00 bits per heavy atom. The standard InChI is InChI=1S/C15H26N4/c1-3-19-14(9-12(2)17-19)10-18-8-4-7-16-15(11-18)13-5-6-13/h9,13,15-16H,3-8,10-11H2,1-2H3. The maximum absolute atomic E-state index is 4.56. The Balaban J connectivity index is 1.66. The van der Waals surface area contributed by atoms with Gasteiger partial charge in [-0.15, -0.1) is 0 Å². The third-order valence-corrected chi connectivity index (χ3v) is 4.37. The molecule has 1 aromatic rings. The van der Waals surface area contributed by atoms with E-state index >= 15 is 0 Å². The molecule has 4 heteroatoms. The molecule has 106 valence electrons. The molecular formula is C15H26N4. The number of nitrogens with one attached hydrogen (secondary N) is 1. The van der Waals surface area contributed by atoms with Crippen molar-refractivity contribution in [3.05, 3.63) is 17.5 Å². The van der Waals surface area contributed by atoms with Gasteiger partial charge in [0.15, 0.2) is 0 Å². The second kappa shape index (κ2) is 5.63. The zero-order valence-corrected chi connectivity index (χ0v) is 12.2. The first kappa shape index (κ1) is 13.1. The molecule has 4 nitrogen and oxygen atoms in total. The topological polar surface area (TPSA) is 33.1 Å². The lowest BCUT2D eigenvalue weighted by Gasteiger charge is -2.24. The number of aromatic nitrogens is 2. The van der Waals surface area contributed by atoms with Crippen LogP contribution in [0.25, 0.3) is 0 Å². The van der Waals surface area contributed by atoms with E-state index in [1.54, 1.807) is 0 Å². The molecule has 1 aromatic heterocycles. The van der Waals surface area contributed by atoms with Gasteiger partial charge in [0.1, 0.15) is 0 Å². The molecule has 0 amide bonds. The number of aryl methyl sites for hydroxylation is 2. The molecule has 0 aromatic carbocycles. The van der Waals surface area contributed by atoms with Crippen molar-refractivity contribution in [3.63, 3.8) is 0 Å². The molecule has 1 saturated heterocycles. The lowest BCUT2D eigenvalue weighted by molar-refractivity contribution is 0.244. The predicted octanol–water partition coefficient (Wildman–Crippen LogP) is 1.79.